The van der Waals surface area contributed by atoms with Crippen LogP contribution >= 0.6 is 0 Å². The predicted octanol–water partition coefficient (Wildman–Crippen LogP) is 0.553. The first-order valence-electron chi connectivity index (χ1n) is 3.93. The Bertz CT molecular complexity index is 186. The average molecular weight is 170 g/mol. The fourth-order valence-electron chi connectivity index (χ4n) is 0.925. The minimum Gasteiger partial charge on any atom is -0.480 e. The maximum atomic E-state index is 10.3. The Hall–Kier alpha value is -1.08. The molecule has 0 saturated carbocycles. The molecule has 0 aromatic heterocycles. The monoisotopic (exact) mass is 170 g/mol. The van der Waals surface area contributed by atoms with Gasteiger partial charge in [-0.2, -0.15) is 5.26 Å². The molecule has 1 N–H and O–H groups in total. The lowest BCUT2D eigenvalue weighted by Gasteiger charge is -2.18. The second-order valence-corrected chi connectivity index (χ2v) is 2.75. The van der Waals surface area contributed by atoms with E-state index in [9.17, 15) is 4.79 Å². The number of likely N-dealkylation sites (N-methyl/N-ethyl adjacent to an activating group) is 1. The molecule has 1 atom stereocenters. The first kappa shape index (κ1) is 10.9. The van der Waals surface area contributed by atoms with E-state index in [4.69, 9.17) is 10.4 Å². The number of hydrogen-bond donors (Lipinski definition) is 1. The zero-order valence-electron chi connectivity index (χ0n) is 7.45. The van der Waals surface area contributed by atoms with E-state index in [0.29, 0.717) is 13.1 Å². The van der Waals surface area contributed by atoms with Gasteiger partial charge >= 0.3 is 5.97 Å². The number of hydrogen-bond acceptors (Lipinski definition) is 3. The van der Waals surface area contributed by atoms with Crippen LogP contribution in [0.2, 0.25) is 0 Å². The molecule has 0 fully saturated rings. The molecule has 68 valence electrons. The summed E-state index contributed by atoms with van der Waals surface area (Å²) in [6.07, 6.45) is 0. The van der Waals surface area contributed by atoms with Crippen LogP contribution in [0.15, 0.2) is 0 Å². The van der Waals surface area contributed by atoms with E-state index in [2.05, 4.69) is 6.07 Å². The first-order valence-corrected chi connectivity index (χ1v) is 3.93. The molecule has 0 amide bonds. The molecule has 0 saturated heterocycles. The Kier molecular flexibility index (Phi) is 5.06. The van der Waals surface area contributed by atoms with E-state index in [1.165, 1.54) is 0 Å². The number of carboxylic acids is 1. The summed E-state index contributed by atoms with van der Waals surface area (Å²) in [6, 6.07) is 2.07. The Labute approximate surface area is 72.4 Å². The molecule has 0 aliphatic rings. The summed E-state index contributed by atoms with van der Waals surface area (Å²) < 4.78 is 0. The number of aliphatic carboxylic acids is 1. The maximum absolute atomic E-state index is 10.3. The number of carboxylic acid groups (broad SMARTS) is 1. The maximum Gasteiger partial charge on any atom is 0.317 e. The molecule has 12 heavy (non-hydrogen) atoms. The van der Waals surface area contributed by atoms with Crippen molar-refractivity contribution in [2.45, 2.75) is 13.8 Å². The van der Waals surface area contributed by atoms with E-state index in [0.717, 1.165) is 0 Å². The Balaban J connectivity index is 3.84. The fourth-order valence-corrected chi connectivity index (χ4v) is 0.925. The van der Waals surface area contributed by atoms with E-state index < -0.39 is 5.97 Å². The van der Waals surface area contributed by atoms with Crippen molar-refractivity contribution in [3.05, 3.63) is 0 Å². The third-order valence-electron chi connectivity index (χ3n) is 1.56. The SMILES string of the molecule is CCN(CC(=O)O)CC(C)C#N. The molecule has 0 aromatic carbocycles. The summed E-state index contributed by atoms with van der Waals surface area (Å²) in [5.41, 5.74) is 0. The normalized spacial score (nSPS) is 12.5. The molecule has 0 rings (SSSR count). The zero-order chi connectivity index (χ0) is 9.56. The second-order valence-electron chi connectivity index (χ2n) is 2.75. The van der Waals surface area contributed by atoms with Gasteiger partial charge in [0.2, 0.25) is 0 Å². The predicted molar refractivity (Wildman–Crippen MR) is 44.5 cm³/mol. The molecule has 0 bridgehead atoms. The van der Waals surface area contributed by atoms with Crippen molar-refractivity contribution >= 4 is 5.97 Å². The minimum atomic E-state index is -0.845. The number of nitrogens with zero attached hydrogens (tertiary/aromatic N) is 2. The highest BCUT2D eigenvalue weighted by molar-refractivity contribution is 5.69. The third kappa shape index (κ3) is 4.69. The van der Waals surface area contributed by atoms with Crippen molar-refractivity contribution in [1.29, 1.82) is 5.26 Å². The van der Waals surface area contributed by atoms with Gasteiger partial charge in [0, 0.05) is 6.54 Å². The van der Waals surface area contributed by atoms with Crippen molar-refractivity contribution in [3.8, 4) is 6.07 Å². The van der Waals surface area contributed by atoms with Crippen LogP contribution in [0.5, 0.6) is 0 Å². The van der Waals surface area contributed by atoms with Crippen LogP contribution in [0.3, 0.4) is 0 Å². The highest BCUT2D eigenvalue weighted by atomic mass is 16.4. The molecular formula is C8H14N2O2. The van der Waals surface area contributed by atoms with E-state index in [1.54, 1.807) is 11.8 Å². The van der Waals surface area contributed by atoms with Crippen LogP contribution in [0.25, 0.3) is 0 Å². The molecule has 0 aliphatic carbocycles. The highest BCUT2D eigenvalue weighted by Gasteiger charge is 2.10. The van der Waals surface area contributed by atoms with Crippen LogP contribution in [0.4, 0.5) is 0 Å². The average Bonchev–Trinajstić information content (AvgIpc) is 2.02. The third-order valence-corrected chi connectivity index (χ3v) is 1.56. The largest absolute Gasteiger partial charge is 0.480 e. The van der Waals surface area contributed by atoms with Gasteiger partial charge in [0.25, 0.3) is 0 Å². The fraction of sp³-hybridized carbons (Fsp3) is 0.750. The van der Waals surface area contributed by atoms with Crippen molar-refractivity contribution in [2.24, 2.45) is 5.92 Å². The van der Waals surface area contributed by atoms with E-state index in [-0.39, 0.29) is 12.5 Å². The molecule has 4 heteroatoms. The Morgan fingerprint density at radius 3 is 2.67 bits per heavy atom. The summed E-state index contributed by atoms with van der Waals surface area (Å²) >= 11 is 0. The lowest BCUT2D eigenvalue weighted by atomic mass is 10.2. The Morgan fingerprint density at radius 2 is 2.33 bits per heavy atom. The number of carbonyl (C=O) groups is 1. The standard InChI is InChI=1S/C8H14N2O2/c1-3-10(6-8(11)12)5-7(2)4-9/h7H,3,5-6H2,1-2H3,(H,11,12). The molecule has 0 radical (unpaired) electrons. The summed E-state index contributed by atoms with van der Waals surface area (Å²) in [5, 5.41) is 17.0. The zero-order valence-corrected chi connectivity index (χ0v) is 7.45. The van der Waals surface area contributed by atoms with Crippen LogP contribution in [-0.4, -0.2) is 35.6 Å². The quantitative estimate of drug-likeness (QED) is 0.654. The van der Waals surface area contributed by atoms with E-state index in [1.807, 2.05) is 6.92 Å². The molecule has 4 nitrogen and oxygen atoms in total. The van der Waals surface area contributed by atoms with Gasteiger partial charge < -0.3 is 5.11 Å². The molecule has 0 spiro atoms. The van der Waals surface area contributed by atoms with Crippen molar-refractivity contribution in [1.82, 2.24) is 4.90 Å². The lowest BCUT2D eigenvalue weighted by molar-refractivity contribution is -0.138. The van der Waals surface area contributed by atoms with Gasteiger partial charge in [0.1, 0.15) is 0 Å². The van der Waals surface area contributed by atoms with Gasteiger partial charge in [-0.15, -0.1) is 0 Å². The molecule has 0 aromatic rings. The van der Waals surface area contributed by atoms with Gasteiger partial charge in [0.15, 0.2) is 0 Å². The highest BCUT2D eigenvalue weighted by Crippen LogP contribution is 1.97. The topological polar surface area (TPSA) is 64.3 Å². The van der Waals surface area contributed by atoms with Gasteiger partial charge in [0.05, 0.1) is 18.5 Å². The summed E-state index contributed by atoms with van der Waals surface area (Å²) in [4.78, 5) is 12.0. The van der Waals surface area contributed by atoms with Gasteiger partial charge in [-0.1, -0.05) is 6.92 Å². The molecular weight excluding hydrogens is 156 g/mol. The van der Waals surface area contributed by atoms with Gasteiger partial charge in [-0.3, -0.25) is 9.69 Å². The summed E-state index contributed by atoms with van der Waals surface area (Å²) in [7, 11) is 0. The minimum absolute atomic E-state index is 0.0164. The van der Waals surface area contributed by atoms with Gasteiger partial charge in [-0.25, -0.2) is 0 Å². The van der Waals surface area contributed by atoms with E-state index >= 15 is 0 Å². The van der Waals surface area contributed by atoms with Crippen molar-refractivity contribution < 1.29 is 9.90 Å². The molecule has 0 aliphatic heterocycles. The summed E-state index contributed by atoms with van der Waals surface area (Å²) in [6.45, 7) is 4.87. The van der Waals surface area contributed by atoms with Crippen LogP contribution in [0, 0.1) is 17.2 Å². The molecule has 0 heterocycles. The first-order chi connectivity index (χ1) is 5.60. The lowest BCUT2D eigenvalue weighted by Crippen LogP contribution is -2.32. The number of rotatable bonds is 5. The Morgan fingerprint density at radius 1 is 1.75 bits per heavy atom. The van der Waals surface area contributed by atoms with Crippen LogP contribution in [0.1, 0.15) is 13.8 Å². The van der Waals surface area contributed by atoms with Crippen LogP contribution < -0.4 is 0 Å². The van der Waals surface area contributed by atoms with Gasteiger partial charge in [-0.05, 0) is 13.5 Å². The molecule has 1 unspecified atom stereocenters. The van der Waals surface area contributed by atoms with Crippen molar-refractivity contribution in [3.63, 3.8) is 0 Å². The van der Waals surface area contributed by atoms with Crippen molar-refractivity contribution in [2.75, 3.05) is 19.6 Å². The summed E-state index contributed by atoms with van der Waals surface area (Å²) in [5.74, 6) is -0.953. The van der Waals surface area contributed by atoms with Crippen LogP contribution in [-0.2, 0) is 4.79 Å². The number of nitriles is 1. The smallest absolute Gasteiger partial charge is 0.317 e. The second kappa shape index (κ2) is 5.56.